The largest absolute Gasteiger partial charge is 0.493 e. The second kappa shape index (κ2) is 7.88. The fourth-order valence-electron chi connectivity index (χ4n) is 2.77. The van der Waals surface area contributed by atoms with Crippen molar-refractivity contribution in [2.24, 2.45) is 5.41 Å². The summed E-state index contributed by atoms with van der Waals surface area (Å²) in [4.78, 5) is 14.1. The van der Waals surface area contributed by atoms with E-state index in [-0.39, 0.29) is 11.5 Å². The number of para-hydroxylation sites is 1. The molecule has 1 unspecified atom stereocenters. The van der Waals surface area contributed by atoms with Gasteiger partial charge in [0.2, 0.25) is 0 Å². The minimum atomic E-state index is -0.483. The second-order valence-corrected chi connectivity index (χ2v) is 7.39. The van der Waals surface area contributed by atoms with E-state index in [0.29, 0.717) is 32.9 Å². The maximum atomic E-state index is 12.3. The summed E-state index contributed by atoms with van der Waals surface area (Å²) < 4.78 is 17.1. The van der Waals surface area contributed by atoms with E-state index < -0.39 is 5.60 Å². The molecule has 0 aromatic heterocycles. The van der Waals surface area contributed by atoms with Gasteiger partial charge in [0.05, 0.1) is 13.2 Å². The summed E-state index contributed by atoms with van der Waals surface area (Å²) in [6.45, 7) is 10.6. The fraction of sp³-hybridized carbons (Fsp3) is 0.632. The van der Waals surface area contributed by atoms with Crippen molar-refractivity contribution in [1.29, 1.82) is 0 Å². The maximum Gasteiger partial charge on any atom is 0.410 e. The van der Waals surface area contributed by atoms with Gasteiger partial charge < -0.3 is 19.1 Å². The zero-order valence-corrected chi connectivity index (χ0v) is 15.2. The summed E-state index contributed by atoms with van der Waals surface area (Å²) in [6, 6.07) is 9.74. The molecule has 134 valence electrons. The van der Waals surface area contributed by atoms with Crippen molar-refractivity contribution in [2.45, 2.75) is 39.7 Å². The molecule has 1 aliphatic heterocycles. The lowest BCUT2D eigenvalue weighted by Crippen LogP contribution is -2.40. The van der Waals surface area contributed by atoms with Crippen LogP contribution in [0.25, 0.3) is 0 Å². The zero-order chi connectivity index (χ0) is 17.6. The van der Waals surface area contributed by atoms with Crippen molar-refractivity contribution in [3.63, 3.8) is 0 Å². The summed E-state index contributed by atoms with van der Waals surface area (Å²) in [6.07, 6.45) is 0.583. The van der Waals surface area contributed by atoms with E-state index in [1.54, 1.807) is 4.90 Å². The van der Waals surface area contributed by atoms with E-state index >= 15 is 0 Å². The third kappa shape index (κ3) is 5.41. The van der Waals surface area contributed by atoms with Gasteiger partial charge in [0, 0.05) is 25.1 Å². The molecule has 1 amide bonds. The molecule has 0 spiro atoms. The number of nitrogens with zero attached hydrogens (tertiary/aromatic N) is 1. The standard InChI is InChI=1S/C19H29NO4/c1-5-22-14-19(15-23-16-9-7-6-8-10-16)11-12-20(13-19)17(21)24-18(2,3)4/h6-10H,5,11-15H2,1-4H3. The van der Waals surface area contributed by atoms with Crippen LogP contribution < -0.4 is 4.74 Å². The zero-order valence-electron chi connectivity index (χ0n) is 15.2. The third-order valence-electron chi connectivity index (χ3n) is 3.99. The molecule has 1 saturated heterocycles. The summed E-state index contributed by atoms with van der Waals surface area (Å²) in [5, 5.41) is 0. The molecule has 2 rings (SSSR count). The first kappa shape index (κ1) is 18.6. The smallest absolute Gasteiger partial charge is 0.410 e. The minimum Gasteiger partial charge on any atom is -0.493 e. The molecule has 0 radical (unpaired) electrons. The fourth-order valence-corrected chi connectivity index (χ4v) is 2.77. The van der Waals surface area contributed by atoms with Crippen LogP contribution >= 0.6 is 0 Å². The van der Waals surface area contributed by atoms with Gasteiger partial charge in [-0.15, -0.1) is 0 Å². The number of ether oxygens (including phenoxy) is 3. The molecule has 1 aliphatic rings. The number of hydrogen-bond donors (Lipinski definition) is 0. The summed E-state index contributed by atoms with van der Waals surface area (Å²) in [5.74, 6) is 0.837. The van der Waals surface area contributed by atoms with Crippen molar-refractivity contribution in [1.82, 2.24) is 4.90 Å². The van der Waals surface area contributed by atoms with Gasteiger partial charge in [0.15, 0.2) is 0 Å². The molecule has 0 N–H and O–H groups in total. The molecule has 1 fully saturated rings. The van der Waals surface area contributed by atoms with Gasteiger partial charge in [-0.3, -0.25) is 0 Å². The third-order valence-corrected chi connectivity index (χ3v) is 3.99. The van der Waals surface area contributed by atoms with Crippen LogP contribution in [-0.4, -0.2) is 49.5 Å². The van der Waals surface area contributed by atoms with E-state index in [1.807, 2.05) is 58.0 Å². The summed E-state index contributed by atoms with van der Waals surface area (Å²) >= 11 is 0. The molecule has 5 heteroatoms. The molecule has 0 aliphatic carbocycles. The first-order chi connectivity index (χ1) is 11.3. The SMILES string of the molecule is CCOCC1(COc2ccccc2)CCN(C(=O)OC(C)(C)C)C1. The van der Waals surface area contributed by atoms with Crippen molar-refractivity contribution < 1.29 is 19.0 Å². The molecule has 24 heavy (non-hydrogen) atoms. The number of likely N-dealkylation sites (tertiary alicyclic amines) is 1. The molecule has 0 bridgehead atoms. The van der Waals surface area contributed by atoms with Crippen molar-refractivity contribution in [2.75, 3.05) is 32.9 Å². The second-order valence-electron chi connectivity index (χ2n) is 7.39. The van der Waals surface area contributed by atoms with Gasteiger partial charge in [-0.2, -0.15) is 0 Å². The van der Waals surface area contributed by atoms with E-state index in [2.05, 4.69) is 0 Å². The van der Waals surface area contributed by atoms with Crippen LogP contribution in [0.1, 0.15) is 34.1 Å². The molecule has 1 aromatic carbocycles. The Labute approximate surface area is 144 Å². The Kier molecular flexibility index (Phi) is 6.10. The number of hydrogen-bond acceptors (Lipinski definition) is 4. The Morgan fingerprint density at radius 1 is 1.21 bits per heavy atom. The van der Waals surface area contributed by atoms with Gasteiger partial charge in [-0.25, -0.2) is 4.79 Å². The van der Waals surface area contributed by atoms with Crippen LogP contribution in [0.2, 0.25) is 0 Å². The van der Waals surface area contributed by atoms with E-state index in [4.69, 9.17) is 14.2 Å². The van der Waals surface area contributed by atoms with Gasteiger partial charge in [-0.05, 0) is 46.2 Å². The minimum absolute atomic E-state index is 0.192. The van der Waals surface area contributed by atoms with E-state index in [9.17, 15) is 4.79 Å². The van der Waals surface area contributed by atoms with Crippen LogP contribution in [0.3, 0.4) is 0 Å². The monoisotopic (exact) mass is 335 g/mol. The average Bonchev–Trinajstić information content (AvgIpc) is 2.96. The molecule has 5 nitrogen and oxygen atoms in total. The lowest BCUT2D eigenvalue weighted by atomic mass is 9.89. The van der Waals surface area contributed by atoms with Gasteiger partial charge in [0.25, 0.3) is 0 Å². The van der Waals surface area contributed by atoms with Crippen molar-refractivity contribution in [3.8, 4) is 5.75 Å². The predicted molar refractivity (Wildman–Crippen MR) is 93.3 cm³/mol. The first-order valence-electron chi connectivity index (χ1n) is 8.57. The topological polar surface area (TPSA) is 48.0 Å². The maximum absolute atomic E-state index is 12.3. The lowest BCUT2D eigenvalue weighted by Gasteiger charge is -2.30. The Morgan fingerprint density at radius 2 is 1.92 bits per heavy atom. The number of carbonyl (C=O) groups excluding carboxylic acids is 1. The molecule has 1 heterocycles. The Hall–Kier alpha value is -1.75. The normalized spacial score (nSPS) is 20.9. The Balaban J connectivity index is 1.99. The molecule has 0 saturated carbocycles. The number of carbonyl (C=O) groups is 1. The molecule has 1 atom stereocenters. The number of rotatable bonds is 6. The van der Waals surface area contributed by atoms with E-state index in [0.717, 1.165) is 12.2 Å². The highest BCUT2D eigenvalue weighted by Crippen LogP contribution is 2.33. The quantitative estimate of drug-likeness (QED) is 0.795. The van der Waals surface area contributed by atoms with E-state index in [1.165, 1.54) is 0 Å². The molecular formula is C19H29NO4. The van der Waals surface area contributed by atoms with Crippen LogP contribution in [0, 0.1) is 5.41 Å². The predicted octanol–water partition coefficient (Wildman–Crippen LogP) is 3.73. The number of amides is 1. The molecule has 1 aromatic rings. The lowest BCUT2D eigenvalue weighted by molar-refractivity contribution is 0.0101. The van der Waals surface area contributed by atoms with Crippen LogP contribution in [-0.2, 0) is 9.47 Å². The highest BCUT2D eigenvalue weighted by molar-refractivity contribution is 5.68. The van der Waals surface area contributed by atoms with Crippen molar-refractivity contribution in [3.05, 3.63) is 30.3 Å². The van der Waals surface area contributed by atoms with Crippen LogP contribution in [0.4, 0.5) is 4.79 Å². The van der Waals surface area contributed by atoms with Crippen LogP contribution in [0.5, 0.6) is 5.75 Å². The Morgan fingerprint density at radius 3 is 2.54 bits per heavy atom. The highest BCUT2D eigenvalue weighted by Gasteiger charge is 2.42. The summed E-state index contributed by atoms with van der Waals surface area (Å²) in [5.41, 5.74) is -0.675. The highest BCUT2D eigenvalue weighted by atomic mass is 16.6. The van der Waals surface area contributed by atoms with Gasteiger partial charge in [0.1, 0.15) is 11.4 Å². The number of benzene rings is 1. The van der Waals surface area contributed by atoms with Crippen LogP contribution in [0.15, 0.2) is 30.3 Å². The van der Waals surface area contributed by atoms with Gasteiger partial charge in [-0.1, -0.05) is 18.2 Å². The Bertz CT molecular complexity index is 526. The first-order valence-corrected chi connectivity index (χ1v) is 8.57. The average molecular weight is 335 g/mol. The molecular weight excluding hydrogens is 306 g/mol. The summed E-state index contributed by atoms with van der Waals surface area (Å²) in [7, 11) is 0. The van der Waals surface area contributed by atoms with Crippen molar-refractivity contribution >= 4 is 6.09 Å². The van der Waals surface area contributed by atoms with Gasteiger partial charge >= 0.3 is 6.09 Å².